The molecule has 0 spiro atoms. The third-order valence-electron chi connectivity index (χ3n) is 4.06. The number of rotatable bonds is 4. The molecule has 0 saturated carbocycles. The number of para-hydroxylation sites is 1. The zero-order valence-electron chi connectivity index (χ0n) is 14.2. The minimum Gasteiger partial charge on any atom is -0.483 e. The maximum atomic E-state index is 12.4. The van der Waals surface area contributed by atoms with Crippen molar-refractivity contribution in [3.05, 3.63) is 40.9 Å². The maximum Gasteiger partial charge on any atom is 0.262 e. The number of fused-ring (bicyclic) bond motifs is 2. The summed E-state index contributed by atoms with van der Waals surface area (Å²) in [5, 5.41) is 3.17. The van der Waals surface area contributed by atoms with Crippen molar-refractivity contribution in [2.75, 3.05) is 11.9 Å². The summed E-state index contributed by atoms with van der Waals surface area (Å²) in [6, 6.07) is 9.15. The smallest absolute Gasteiger partial charge is 0.262 e. The molecule has 1 N–H and O–H groups in total. The number of aromatic nitrogens is 2. The van der Waals surface area contributed by atoms with Gasteiger partial charge in [0.2, 0.25) is 0 Å². The van der Waals surface area contributed by atoms with E-state index in [4.69, 9.17) is 21.1 Å². The molecule has 0 unspecified atom stereocenters. The van der Waals surface area contributed by atoms with Gasteiger partial charge >= 0.3 is 0 Å². The quantitative estimate of drug-likeness (QED) is 0.727. The summed E-state index contributed by atoms with van der Waals surface area (Å²) in [5.74, 6) is 0.930. The Morgan fingerprint density at radius 2 is 2.19 bits per heavy atom. The van der Waals surface area contributed by atoms with E-state index in [-0.39, 0.29) is 18.1 Å². The summed E-state index contributed by atoms with van der Waals surface area (Å²) in [6.07, 6.45) is 0.806. The Balaban J connectivity index is 1.48. The van der Waals surface area contributed by atoms with Crippen LogP contribution in [0.3, 0.4) is 0 Å². The highest BCUT2D eigenvalue weighted by atomic mass is 35.5. The molecule has 2 heterocycles. The van der Waals surface area contributed by atoms with Gasteiger partial charge in [0.1, 0.15) is 16.6 Å². The van der Waals surface area contributed by atoms with E-state index in [1.807, 2.05) is 26.0 Å². The Hall–Kier alpha value is -2.38. The van der Waals surface area contributed by atoms with Crippen molar-refractivity contribution >= 4 is 46.0 Å². The molecule has 1 aliphatic heterocycles. The average molecular weight is 390 g/mol. The van der Waals surface area contributed by atoms with E-state index in [0.717, 1.165) is 23.7 Å². The highest BCUT2D eigenvalue weighted by Crippen LogP contribution is 2.41. The van der Waals surface area contributed by atoms with E-state index in [2.05, 4.69) is 14.1 Å². The summed E-state index contributed by atoms with van der Waals surface area (Å²) in [4.78, 5) is 12.4. The van der Waals surface area contributed by atoms with Gasteiger partial charge in [0.25, 0.3) is 5.91 Å². The van der Waals surface area contributed by atoms with Crippen LogP contribution in [0.4, 0.5) is 5.69 Å². The Labute approximate surface area is 159 Å². The van der Waals surface area contributed by atoms with Crippen LogP contribution in [0.1, 0.15) is 19.4 Å². The fraction of sp³-hybridized carbons (Fsp3) is 0.278. The normalized spacial score (nSPS) is 14.7. The summed E-state index contributed by atoms with van der Waals surface area (Å²) in [6.45, 7) is 3.88. The number of ether oxygens (including phenoxy) is 2. The molecule has 2 aromatic carbocycles. The number of amides is 1. The summed E-state index contributed by atoms with van der Waals surface area (Å²) >= 11 is 7.26. The van der Waals surface area contributed by atoms with Crippen molar-refractivity contribution in [3.63, 3.8) is 0 Å². The highest BCUT2D eigenvalue weighted by molar-refractivity contribution is 7.00. The van der Waals surface area contributed by atoms with E-state index in [1.54, 1.807) is 18.2 Å². The summed E-state index contributed by atoms with van der Waals surface area (Å²) in [5.41, 5.74) is 2.51. The summed E-state index contributed by atoms with van der Waals surface area (Å²) < 4.78 is 20.0. The molecule has 134 valence electrons. The Morgan fingerprint density at radius 1 is 1.35 bits per heavy atom. The van der Waals surface area contributed by atoms with Gasteiger partial charge < -0.3 is 14.8 Å². The van der Waals surface area contributed by atoms with Crippen molar-refractivity contribution in [2.24, 2.45) is 0 Å². The van der Waals surface area contributed by atoms with E-state index >= 15 is 0 Å². The van der Waals surface area contributed by atoms with Gasteiger partial charge in [-0.1, -0.05) is 23.7 Å². The molecule has 3 aromatic rings. The van der Waals surface area contributed by atoms with Gasteiger partial charge in [0.15, 0.2) is 18.1 Å². The fourth-order valence-corrected chi connectivity index (χ4v) is 3.71. The Morgan fingerprint density at radius 3 is 3.04 bits per heavy atom. The van der Waals surface area contributed by atoms with Crippen LogP contribution in [0, 0.1) is 0 Å². The first-order chi connectivity index (χ1) is 12.4. The second-order valence-corrected chi connectivity index (χ2v) is 7.61. The second kappa shape index (κ2) is 6.41. The molecule has 0 radical (unpaired) electrons. The molecule has 0 fully saturated rings. The van der Waals surface area contributed by atoms with E-state index in [0.29, 0.717) is 33.2 Å². The lowest BCUT2D eigenvalue weighted by atomic mass is 10.0. The SMILES string of the molecule is CC1(C)Cc2cccc(OCC(=O)Nc3c(Cl)ccc4nsnc34)c2O1. The minimum atomic E-state index is -0.331. The van der Waals surface area contributed by atoms with Gasteiger partial charge in [0.05, 0.1) is 22.4 Å². The molecular weight excluding hydrogens is 374 g/mol. The lowest BCUT2D eigenvalue weighted by molar-refractivity contribution is -0.118. The predicted molar refractivity (Wildman–Crippen MR) is 101 cm³/mol. The van der Waals surface area contributed by atoms with Crippen LogP contribution in [-0.4, -0.2) is 26.9 Å². The van der Waals surface area contributed by atoms with Gasteiger partial charge in [0, 0.05) is 12.0 Å². The summed E-state index contributed by atoms with van der Waals surface area (Å²) in [7, 11) is 0. The van der Waals surface area contributed by atoms with Gasteiger partial charge in [-0.3, -0.25) is 4.79 Å². The molecule has 6 nitrogen and oxygen atoms in total. The molecule has 0 aliphatic carbocycles. The number of nitrogens with one attached hydrogen (secondary N) is 1. The number of carbonyl (C=O) groups is 1. The molecule has 1 aromatic heterocycles. The number of halogens is 1. The number of nitrogens with zero attached hydrogens (tertiary/aromatic N) is 2. The first-order valence-corrected chi connectivity index (χ1v) is 9.18. The fourth-order valence-electron chi connectivity index (χ4n) is 2.97. The average Bonchev–Trinajstić information content (AvgIpc) is 3.18. The lowest BCUT2D eigenvalue weighted by Gasteiger charge is -2.18. The molecule has 0 saturated heterocycles. The van der Waals surface area contributed by atoms with Crippen LogP contribution in [-0.2, 0) is 11.2 Å². The molecule has 26 heavy (non-hydrogen) atoms. The molecule has 1 aliphatic rings. The van der Waals surface area contributed by atoms with Crippen molar-refractivity contribution in [1.29, 1.82) is 0 Å². The van der Waals surface area contributed by atoms with Gasteiger partial charge in [-0.2, -0.15) is 8.75 Å². The van der Waals surface area contributed by atoms with Crippen LogP contribution in [0.2, 0.25) is 5.02 Å². The third kappa shape index (κ3) is 3.20. The largest absolute Gasteiger partial charge is 0.483 e. The monoisotopic (exact) mass is 389 g/mol. The first kappa shape index (κ1) is 17.1. The Bertz CT molecular complexity index is 1000. The number of benzene rings is 2. The van der Waals surface area contributed by atoms with Crippen LogP contribution in [0.25, 0.3) is 11.0 Å². The van der Waals surface area contributed by atoms with E-state index in [9.17, 15) is 4.79 Å². The first-order valence-electron chi connectivity index (χ1n) is 8.07. The molecule has 4 rings (SSSR count). The van der Waals surface area contributed by atoms with Crippen LogP contribution in [0.15, 0.2) is 30.3 Å². The maximum absolute atomic E-state index is 12.4. The van der Waals surface area contributed by atoms with E-state index in [1.165, 1.54) is 0 Å². The number of carbonyl (C=O) groups excluding carboxylic acids is 1. The number of hydrogen-bond donors (Lipinski definition) is 1. The molecule has 0 atom stereocenters. The Kier molecular flexibility index (Phi) is 4.20. The van der Waals surface area contributed by atoms with Crippen LogP contribution >= 0.6 is 23.3 Å². The molecule has 8 heteroatoms. The van der Waals surface area contributed by atoms with Gasteiger partial charge in [-0.05, 0) is 32.0 Å². The molecule has 0 bridgehead atoms. The van der Waals surface area contributed by atoms with Crippen molar-refractivity contribution in [1.82, 2.24) is 8.75 Å². The predicted octanol–water partition coefficient (Wildman–Crippen LogP) is 4.08. The number of hydrogen-bond acceptors (Lipinski definition) is 6. The van der Waals surface area contributed by atoms with Gasteiger partial charge in [-0.15, -0.1) is 0 Å². The molecule has 1 amide bonds. The van der Waals surface area contributed by atoms with Crippen molar-refractivity contribution in [3.8, 4) is 11.5 Å². The standard InChI is InChI=1S/C18H16ClN3O3S/c1-18(2)8-10-4-3-5-13(17(10)25-18)24-9-14(23)20-15-11(19)6-7-12-16(15)22-26-21-12/h3-7H,8-9H2,1-2H3,(H,20,23). The van der Waals surface area contributed by atoms with Crippen molar-refractivity contribution < 1.29 is 14.3 Å². The lowest BCUT2D eigenvalue weighted by Crippen LogP contribution is -2.25. The highest BCUT2D eigenvalue weighted by Gasteiger charge is 2.32. The number of anilines is 1. The van der Waals surface area contributed by atoms with E-state index < -0.39 is 0 Å². The third-order valence-corrected chi connectivity index (χ3v) is 4.91. The van der Waals surface area contributed by atoms with Crippen molar-refractivity contribution in [2.45, 2.75) is 25.9 Å². The minimum absolute atomic E-state index is 0.162. The zero-order valence-corrected chi connectivity index (χ0v) is 15.8. The second-order valence-electron chi connectivity index (χ2n) is 6.67. The molecular formula is C18H16ClN3O3S. The van der Waals surface area contributed by atoms with Crippen LogP contribution in [0.5, 0.6) is 11.5 Å². The topological polar surface area (TPSA) is 73.3 Å². The zero-order chi connectivity index (χ0) is 18.3. The van der Waals surface area contributed by atoms with Gasteiger partial charge in [-0.25, -0.2) is 0 Å². The van der Waals surface area contributed by atoms with Crippen LogP contribution < -0.4 is 14.8 Å².